The molecule has 2 N–H and O–H groups in total. The van der Waals surface area contributed by atoms with Gasteiger partial charge in [-0.3, -0.25) is 4.98 Å². The monoisotopic (exact) mass is 388 g/mol. The van der Waals surface area contributed by atoms with E-state index >= 15 is 0 Å². The first kappa shape index (κ1) is 18.1. The highest BCUT2D eigenvalue weighted by atomic mass is 16.3. The Labute approximate surface area is 169 Å². The van der Waals surface area contributed by atoms with Gasteiger partial charge in [-0.25, -0.2) is 4.98 Å². The lowest BCUT2D eigenvalue weighted by Gasteiger charge is -2.19. The Hall–Kier alpha value is -2.96. The zero-order chi connectivity index (χ0) is 19.8. The van der Waals surface area contributed by atoms with Crippen molar-refractivity contribution < 1.29 is 10.2 Å². The number of aromatic nitrogens is 3. The molecule has 0 radical (unpaired) electrons. The highest BCUT2D eigenvalue weighted by Gasteiger charge is 2.34. The minimum atomic E-state index is -0.427. The lowest BCUT2D eigenvalue weighted by Crippen LogP contribution is -2.25. The van der Waals surface area contributed by atoms with Gasteiger partial charge in [0, 0.05) is 37.1 Å². The highest BCUT2D eigenvalue weighted by molar-refractivity contribution is 5.82. The van der Waals surface area contributed by atoms with Crippen LogP contribution in [0.2, 0.25) is 0 Å². The fraction of sp³-hybridized carbons (Fsp3) is 0.304. The van der Waals surface area contributed by atoms with Gasteiger partial charge in [0.15, 0.2) is 0 Å². The highest BCUT2D eigenvalue weighted by Crippen LogP contribution is 2.30. The summed E-state index contributed by atoms with van der Waals surface area (Å²) in [4.78, 5) is 11.4. The van der Waals surface area contributed by atoms with Gasteiger partial charge in [0.1, 0.15) is 0 Å². The molecule has 2 aromatic heterocycles. The summed E-state index contributed by atoms with van der Waals surface area (Å²) in [6.07, 6.45) is 2.21. The Morgan fingerprint density at radius 1 is 0.966 bits per heavy atom. The number of rotatable bonds is 5. The van der Waals surface area contributed by atoms with Crippen molar-refractivity contribution in [3.63, 3.8) is 0 Å². The first-order chi connectivity index (χ1) is 14.2. The van der Waals surface area contributed by atoms with E-state index in [1.807, 2.05) is 53.2 Å². The molecule has 0 unspecified atom stereocenters. The average Bonchev–Trinajstić information content (AvgIpc) is 3.29. The van der Waals surface area contributed by atoms with E-state index in [1.165, 1.54) is 5.56 Å². The molecule has 3 heterocycles. The average molecular weight is 388 g/mol. The third kappa shape index (κ3) is 3.24. The molecule has 5 rings (SSSR count). The molecule has 6 nitrogen and oxygen atoms in total. The Kier molecular flexibility index (Phi) is 4.66. The molecule has 29 heavy (non-hydrogen) atoms. The van der Waals surface area contributed by atoms with E-state index in [9.17, 15) is 10.2 Å². The number of aliphatic hydroxyl groups excluding tert-OH is 2. The van der Waals surface area contributed by atoms with Gasteiger partial charge in [-0.1, -0.05) is 30.3 Å². The maximum atomic E-state index is 10.8. The fourth-order valence-corrected chi connectivity index (χ4v) is 4.46. The van der Waals surface area contributed by atoms with Crippen molar-refractivity contribution in [3.8, 4) is 0 Å². The van der Waals surface area contributed by atoms with E-state index in [0.29, 0.717) is 13.1 Å². The van der Waals surface area contributed by atoms with Crippen molar-refractivity contribution in [2.24, 2.45) is 5.92 Å². The van der Waals surface area contributed by atoms with Gasteiger partial charge in [0.2, 0.25) is 5.95 Å². The van der Waals surface area contributed by atoms with Crippen LogP contribution >= 0.6 is 0 Å². The number of hydrogen-bond donors (Lipinski definition) is 2. The molecule has 1 aliphatic heterocycles. The summed E-state index contributed by atoms with van der Waals surface area (Å²) in [6, 6.07) is 18.2. The van der Waals surface area contributed by atoms with Crippen molar-refractivity contribution in [1.29, 1.82) is 0 Å². The van der Waals surface area contributed by atoms with Crippen molar-refractivity contribution >= 4 is 27.9 Å². The topological polar surface area (TPSA) is 74.4 Å². The van der Waals surface area contributed by atoms with Crippen LogP contribution < -0.4 is 4.90 Å². The van der Waals surface area contributed by atoms with Crippen LogP contribution in [0.15, 0.2) is 60.8 Å². The minimum Gasteiger partial charge on any atom is -0.395 e. The molecule has 1 aliphatic rings. The lowest BCUT2D eigenvalue weighted by atomic mass is 9.94. The molecule has 0 aliphatic carbocycles. The Morgan fingerprint density at radius 2 is 1.76 bits per heavy atom. The smallest absolute Gasteiger partial charge is 0.206 e. The number of β-amino-alcohol motifs (C(OH)–C–C–N with tert-alkyl or cyclic N) is 1. The van der Waals surface area contributed by atoms with Crippen molar-refractivity contribution in [2.45, 2.75) is 19.1 Å². The van der Waals surface area contributed by atoms with Gasteiger partial charge >= 0.3 is 0 Å². The van der Waals surface area contributed by atoms with Gasteiger partial charge < -0.3 is 19.7 Å². The second-order valence-electron chi connectivity index (χ2n) is 7.70. The van der Waals surface area contributed by atoms with Crippen molar-refractivity contribution in [1.82, 2.24) is 14.5 Å². The molecule has 2 aromatic carbocycles. The molecule has 2 atom stereocenters. The maximum Gasteiger partial charge on any atom is 0.206 e. The number of benzene rings is 2. The molecular formula is C23H24N4O2. The second-order valence-corrected chi connectivity index (χ2v) is 7.70. The minimum absolute atomic E-state index is 0.0518. The molecule has 148 valence electrons. The van der Waals surface area contributed by atoms with E-state index < -0.39 is 6.10 Å². The summed E-state index contributed by atoms with van der Waals surface area (Å²) in [7, 11) is 0. The number of nitrogens with zero attached hydrogens (tertiary/aromatic N) is 4. The molecule has 6 heteroatoms. The van der Waals surface area contributed by atoms with Crippen LogP contribution in [0, 0.1) is 5.92 Å². The fourth-order valence-electron chi connectivity index (χ4n) is 4.46. The number of hydrogen-bond acceptors (Lipinski definition) is 5. The number of fused-ring (bicyclic) bond motifs is 2. The molecule has 1 saturated heterocycles. The van der Waals surface area contributed by atoms with Gasteiger partial charge in [-0.15, -0.1) is 0 Å². The third-order valence-corrected chi connectivity index (χ3v) is 5.87. The largest absolute Gasteiger partial charge is 0.395 e. The van der Waals surface area contributed by atoms with Gasteiger partial charge in [0.05, 0.1) is 29.3 Å². The van der Waals surface area contributed by atoms with Crippen LogP contribution in [0.25, 0.3) is 21.9 Å². The van der Waals surface area contributed by atoms with Crippen LogP contribution in [0.3, 0.4) is 0 Å². The van der Waals surface area contributed by atoms with E-state index in [1.54, 1.807) is 0 Å². The summed E-state index contributed by atoms with van der Waals surface area (Å²) in [5.74, 6) is 0.935. The standard InChI is InChI=1S/C23H24N4O2/c28-12-11-27-21-8-4-3-7-20(21)25-23(27)26-14-17(22(29)15-26)13-16-9-10-24-19-6-2-1-5-18(16)19/h1-10,17,22,28-29H,11-15H2/t17-,22+/m1/s1. The number of imidazole rings is 1. The third-order valence-electron chi connectivity index (χ3n) is 5.87. The zero-order valence-electron chi connectivity index (χ0n) is 16.1. The van der Waals surface area contributed by atoms with E-state index in [-0.39, 0.29) is 12.5 Å². The summed E-state index contributed by atoms with van der Waals surface area (Å²) in [5.41, 5.74) is 4.12. The Balaban J connectivity index is 1.44. The quantitative estimate of drug-likeness (QED) is 0.550. The zero-order valence-corrected chi connectivity index (χ0v) is 16.1. The predicted molar refractivity (Wildman–Crippen MR) is 114 cm³/mol. The second kappa shape index (κ2) is 7.46. The molecule has 0 bridgehead atoms. The van der Waals surface area contributed by atoms with Crippen LogP contribution in [0.1, 0.15) is 5.56 Å². The normalized spacial score (nSPS) is 19.4. The SMILES string of the molecule is OCCn1c(N2C[C@@H](Cc3ccnc4ccccc34)[C@@H](O)C2)nc2ccccc21. The van der Waals surface area contributed by atoms with Gasteiger partial charge in [-0.2, -0.15) is 0 Å². The number of pyridine rings is 1. The number of para-hydroxylation sites is 3. The first-order valence-corrected chi connectivity index (χ1v) is 10.1. The van der Waals surface area contributed by atoms with Crippen LogP contribution in [-0.2, 0) is 13.0 Å². The molecule has 0 saturated carbocycles. The molecule has 0 amide bonds. The summed E-state index contributed by atoms with van der Waals surface area (Å²) in [6.45, 7) is 1.81. The summed E-state index contributed by atoms with van der Waals surface area (Å²) in [5, 5.41) is 21.5. The van der Waals surface area contributed by atoms with Crippen LogP contribution in [0.5, 0.6) is 0 Å². The molecule has 0 spiro atoms. The van der Waals surface area contributed by atoms with Crippen molar-refractivity contribution in [3.05, 3.63) is 66.4 Å². The first-order valence-electron chi connectivity index (χ1n) is 10.1. The Morgan fingerprint density at radius 3 is 2.62 bits per heavy atom. The predicted octanol–water partition coefficient (Wildman–Crippen LogP) is 2.62. The van der Waals surface area contributed by atoms with E-state index in [0.717, 1.165) is 40.9 Å². The maximum absolute atomic E-state index is 10.8. The van der Waals surface area contributed by atoms with Gasteiger partial charge in [-0.05, 0) is 36.2 Å². The molecular weight excluding hydrogens is 364 g/mol. The van der Waals surface area contributed by atoms with Crippen molar-refractivity contribution in [2.75, 3.05) is 24.6 Å². The molecule has 4 aromatic rings. The molecule has 1 fully saturated rings. The summed E-state index contributed by atoms with van der Waals surface area (Å²) >= 11 is 0. The van der Waals surface area contributed by atoms with E-state index in [4.69, 9.17) is 4.98 Å². The summed E-state index contributed by atoms with van der Waals surface area (Å²) < 4.78 is 2.05. The Bertz CT molecular complexity index is 1150. The van der Waals surface area contributed by atoms with Gasteiger partial charge in [0.25, 0.3) is 0 Å². The number of anilines is 1. The lowest BCUT2D eigenvalue weighted by molar-refractivity contribution is 0.148. The van der Waals surface area contributed by atoms with Crippen LogP contribution in [0.4, 0.5) is 5.95 Å². The van der Waals surface area contributed by atoms with E-state index in [2.05, 4.69) is 22.0 Å². The number of aliphatic hydroxyl groups is 2. The van der Waals surface area contributed by atoms with Crippen LogP contribution in [-0.4, -0.2) is 50.5 Å².